The summed E-state index contributed by atoms with van der Waals surface area (Å²) in [7, 11) is 0. The summed E-state index contributed by atoms with van der Waals surface area (Å²) in [4.78, 5) is 40.4. The highest BCUT2D eigenvalue weighted by Gasteiger charge is 2.42. The highest BCUT2D eigenvalue weighted by molar-refractivity contribution is 7.18. The second-order valence-electron chi connectivity index (χ2n) is 10.5. The lowest BCUT2D eigenvalue weighted by atomic mass is 9.86. The summed E-state index contributed by atoms with van der Waals surface area (Å²) in [6, 6.07) is 11.8. The van der Waals surface area contributed by atoms with E-state index >= 15 is 0 Å². The minimum atomic E-state index is -4.41. The third-order valence-corrected chi connectivity index (χ3v) is 9.42. The van der Waals surface area contributed by atoms with Crippen LogP contribution in [0.1, 0.15) is 28.9 Å². The average molecular weight is 722 g/mol. The molecule has 0 unspecified atom stereocenters. The van der Waals surface area contributed by atoms with E-state index in [-0.39, 0.29) is 49.7 Å². The van der Waals surface area contributed by atoms with Gasteiger partial charge in [-0.2, -0.15) is 13.2 Å². The van der Waals surface area contributed by atoms with Crippen molar-refractivity contribution in [2.24, 2.45) is 5.73 Å². The number of amides is 3. The molecule has 4 rings (SSSR count). The van der Waals surface area contributed by atoms with E-state index in [1.165, 1.54) is 4.90 Å². The Kier molecular flexibility index (Phi) is 11.8. The molecule has 1 fully saturated rings. The van der Waals surface area contributed by atoms with Gasteiger partial charge in [-0.1, -0.05) is 53.0 Å². The lowest BCUT2D eigenvalue weighted by Crippen LogP contribution is -2.61. The van der Waals surface area contributed by atoms with Crippen molar-refractivity contribution >= 4 is 63.9 Å². The van der Waals surface area contributed by atoms with Gasteiger partial charge in [0.05, 0.1) is 18.0 Å². The number of likely N-dealkylation sites (tertiary alicyclic amines) is 1. The van der Waals surface area contributed by atoms with E-state index in [2.05, 4.69) is 10.6 Å². The lowest BCUT2D eigenvalue weighted by Gasteiger charge is -2.40. The Morgan fingerprint density at radius 3 is 2.26 bits per heavy atom. The first-order valence-corrected chi connectivity index (χ1v) is 16.0. The van der Waals surface area contributed by atoms with E-state index in [0.29, 0.717) is 36.6 Å². The zero-order valence-electron chi connectivity index (χ0n) is 24.2. The number of carbonyl (C=O) groups excluding carboxylic acids is 3. The van der Waals surface area contributed by atoms with Gasteiger partial charge >= 0.3 is 6.18 Å². The van der Waals surface area contributed by atoms with Crippen LogP contribution < -0.4 is 21.1 Å². The van der Waals surface area contributed by atoms with Crippen molar-refractivity contribution in [2.75, 3.05) is 39.4 Å². The lowest BCUT2D eigenvalue weighted by molar-refractivity contribution is -0.137. The standard InChI is InChI=1S/C30H30Cl3F3N4O5S/c31-18-3-1-17(2-4-18)23-24(45-14-11-38-22(42)16-41)26(46-25(23)20-6-5-19(32)15-21(20)33)27(43)40-12-8-29(9-13-40,28(37)44)39-10-7-30(34,35)36/h1-6,15,39,41H,7-14,16H2,(H2,37,44)(H,38,42). The van der Waals surface area contributed by atoms with Crippen molar-refractivity contribution < 1.29 is 37.4 Å². The smallest absolute Gasteiger partial charge is 0.390 e. The molecule has 1 saturated heterocycles. The topological polar surface area (TPSA) is 134 Å². The Morgan fingerprint density at radius 2 is 1.67 bits per heavy atom. The minimum Gasteiger partial charge on any atom is -0.489 e. The van der Waals surface area contributed by atoms with Gasteiger partial charge in [-0.05, 0) is 42.7 Å². The number of halogens is 6. The van der Waals surface area contributed by atoms with Crippen LogP contribution in [0, 0.1) is 0 Å². The second kappa shape index (κ2) is 15.2. The van der Waals surface area contributed by atoms with Gasteiger partial charge in [0.1, 0.15) is 23.6 Å². The molecule has 9 nitrogen and oxygen atoms in total. The van der Waals surface area contributed by atoms with Crippen LogP contribution in [0.5, 0.6) is 5.75 Å². The van der Waals surface area contributed by atoms with E-state index in [9.17, 15) is 27.6 Å². The number of alkyl halides is 3. The number of hydrogen-bond acceptors (Lipinski definition) is 7. The van der Waals surface area contributed by atoms with Crippen molar-refractivity contribution in [3.8, 4) is 27.3 Å². The molecular weight excluding hydrogens is 692 g/mol. The third-order valence-electron chi connectivity index (χ3n) is 7.43. The van der Waals surface area contributed by atoms with Crippen LogP contribution in [0.3, 0.4) is 0 Å². The molecule has 3 amide bonds. The molecule has 5 N–H and O–H groups in total. The van der Waals surface area contributed by atoms with Gasteiger partial charge < -0.3 is 31.1 Å². The van der Waals surface area contributed by atoms with E-state index in [1.54, 1.807) is 42.5 Å². The van der Waals surface area contributed by atoms with E-state index in [0.717, 1.165) is 11.3 Å². The first-order valence-electron chi connectivity index (χ1n) is 14.0. The fourth-order valence-electron chi connectivity index (χ4n) is 5.02. The van der Waals surface area contributed by atoms with Crippen molar-refractivity contribution in [3.63, 3.8) is 0 Å². The molecule has 0 radical (unpaired) electrons. The maximum Gasteiger partial charge on any atom is 0.390 e. The van der Waals surface area contributed by atoms with Crippen LogP contribution in [0.4, 0.5) is 13.2 Å². The third kappa shape index (κ3) is 8.64. The normalized spacial score (nSPS) is 14.6. The van der Waals surface area contributed by atoms with Crippen LogP contribution in [0.2, 0.25) is 15.1 Å². The van der Waals surface area contributed by atoms with Crippen LogP contribution in [-0.2, 0) is 9.59 Å². The number of nitrogens with zero attached hydrogens (tertiary/aromatic N) is 1. The van der Waals surface area contributed by atoms with Crippen LogP contribution in [0.25, 0.3) is 21.6 Å². The van der Waals surface area contributed by atoms with Gasteiger partial charge in [-0.3, -0.25) is 14.4 Å². The second-order valence-corrected chi connectivity index (χ2v) is 12.8. The van der Waals surface area contributed by atoms with Gasteiger partial charge in [0, 0.05) is 45.7 Å². The molecule has 0 aliphatic carbocycles. The monoisotopic (exact) mass is 720 g/mol. The molecule has 1 aliphatic rings. The number of hydrogen-bond donors (Lipinski definition) is 4. The highest BCUT2D eigenvalue weighted by atomic mass is 35.5. The number of thiophene rings is 1. The maximum absolute atomic E-state index is 14.1. The first-order chi connectivity index (χ1) is 21.7. The molecule has 2 heterocycles. The van der Waals surface area contributed by atoms with Crippen molar-refractivity contribution in [1.82, 2.24) is 15.5 Å². The summed E-state index contributed by atoms with van der Waals surface area (Å²) in [5.74, 6) is -1.64. The SMILES string of the molecule is NC(=O)C1(NCCC(F)(F)F)CCN(C(=O)c2sc(-c3ccc(Cl)cc3Cl)c(-c3ccc(Cl)cc3)c2OCCNC(=O)CO)CC1. The number of aliphatic hydroxyl groups is 1. The maximum atomic E-state index is 14.1. The molecule has 0 bridgehead atoms. The van der Waals surface area contributed by atoms with Gasteiger partial charge in [-0.15, -0.1) is 11.3 Å². The number of nitrogens with one attached hydrogen (secondary N) is 2. The molecule has 3 aromatic rings. The molecule has 1 aromatic heterocycles. The zero-order valence-corrected chi connectivity index (χ0v) is 27.3. The summed E-state index contributed by atoms with van der Waals surface area (Å²) in [5.41, 5.74) is 5.95. The Labute approximate surface area is 281 Å². The summed E-state index contributed by atoms with van der Waals surface area (Å²) < 4.78 is 44.5. The largest absolute Gasteiger partial charge is 0.489 e. The fourth-order valence-corrected chi connectivity index (χ4v) is 6.98. The molecule has 248 valence electrons. The Hall–Kier alpha value is -3.07. The molecule has 46 heavy (non-hydrogen) atoms. The molecule has 16 heteroatoms. The van der Waals surface area contributed by atoms with Crippen molar-refractivity contribution in [2.45, 2.75) is 31.0 Å². The van der Waals surface area contributed by atoms with Crippen molar-refractivity contribution in [3.05, 3.63) is 62.4 Å². The fraction of sp³-hybridized carbons (Fsp3) is 0.367. The van der Waals surface area contributed by atoms with Crippen LogP contribution in [-0.4, -0.2) is 78.8 Å². The number of benzene rings is 2. The summed E-state index contributed by atoms with van der Waals surface area (Å²) in [5, 5.41) is 15.4. The number of primary amides is 1. The number of aliphatic hydroxyl groups excluding tert-OH is 1. The summed E-state index contributed by atoms with van der Waals surface area (Å²) in [6.45, 7) is -1.19. The Bertz CT molecular complexity index is 1580. The zero-order chi connectivity index (χ0) is 33.6. The molecular formula is C30H30Cl3F3N4O5S. The molecule has 1 aliphatic heterocycles. The number of ether oxygens (including phenoxy) is 1. The number of carbonyl (C=O) groups is 3. The Morgan fingerprint density at radius 1 is 1.02 bits per heavy atom. The quantitative estimate of drug-likeness (QED) is 0.182. The summed E-state index contributed by atoms with van der Waals surface area (Å²) in [6.07, 6.45) is -5.55. The first kappa shape index (κ1) is 35.8. The van der Waals surface area contributed by atoms with Crippen LogP contribution >= 0.6 is 46.1 Å². The van der Waals surface area contributed by atoms with Crippen LogP contribution in [0.15, 0.2) is 42.5 Å². The van der Waals surface area contributed by atoms with E-state index in [1.807, 2.05) is 0 Å². The van der Waals surface area contributed by atoms with Gasteiger partial charge in [0.25, 0.3) is 5.91 Å². The van der Waals surface area contributed by atoms with Crippen molar-refractivity contribution in [1.29, 1.82) is 0 Å². The van der Waals surface area contributed by atoms with E-state index in [4.69, 9.17) is 50.4 Å². The molecule has 2 aromatic carbocycles. The number of rotatable bonds is 12. The summed E-state index contributed by atoms with van der Waals surface area (Å²) >= 11 is 20.1. The predicted octanol–water partition coefficient (Wildman–Crippen LogP) is 5.53. The number of piperidine rings is 1. The predicted molar refractivity (Wildman–Crippen MR) is 172 cm³/mol. The van der Waals surface area contributed by atoms with Gasteiger partial charge in [-0.25, -0.2) is 0 Å². The van der Waals surface area contributed by atoms with E-state index < -0.39 is 49.0 Å². The molecule has 0 saturated carbocycles. The molecule has 0 atom stereocenters. The Balaban J connectivity index is 1.72. The average Bonchev–Trinajstić information content (AvgIpc) is 3.37. The van der Waals surface area contributed by atoms with Gasteiger partial charge in [0.2, 0.25) is 11.8 Å². The highest BCUT2D eigenvalue weighted by Crippen LogP contribution is 2.50. The molecule has 0 spiro atoms. The number of nitrogens with two attached hydrogens (primary N) is 1. The van der Waals surface area contributed by atoms with Gasteiger partial charge in [0.15, 0.2) is 5.75 Å². The minimum absolute atomic E-state index is 0.000594.